The second-order valence-electron chi connectivity index (χ2n) is 9.97. The molecule has 0 N–H and O–H groups in total. The topological polar surface area (TPSA) is 26.8 Å². The van der Waals surface area contributed by atoms with Crippen LogP contribution in [-0.4, -0.2) is 78.1 Å². The van der Waals surface area contributed by atoms with E-state index in [1.807, 2.05) is 24.8 Å². The summed E-state index contributed by atoms with van der Waals surface area (Å²) in [4.78, 5) is 19.8. The molecule has 3 heterocycles. The standard InChI is InChI=1S/C28H44FN3O/c1-5-8-24(7-3)22-30-20-14-28(29,15-21-30)27(33)32-18-12-26(13-19-32)31-16-10-23(4)25(9-6-2)11-17-31/h5-9,26H,10-22H2,1-4H3/b8-5-,9-6-,24-7+. The van der Waals surface area contributed by atoms with Crippen LogP contribution in [0.3, 0.4) is 0 Å². The van der Waals surface area contributed by atoms with Gasteiger partial charge < -0.3 is 4.90 Å². The average molecular weight is 458 g/mol. The molecule has 0 atom stereocenters. The van der Waals surface area contributed by atoms with E-state index in [0.29, 0.717) is 45.1 Å². The highest BCUT2D eigenvalue weighted by Crippen LogP contribution is 2.31. The van der Waals surface area contributed by atoms with Crippen molar-refractivity contribution >= 4 is 5.91 Å². The fourth-order valence-corrected chi connectivity index (χ4v) is 5.56. The van der Waals surface area contributed by atoms with Gasteiger partial charge in [0.15, 0.2) is 5.67 Å². The van der Waals surface area contributed by atoms with Crippen molar-refractivity contribution < 1.29 is 9.18 Å². The molecule has 2 saturated heterocycles. The average Bonchev–Trinajstić information content (AvgIpc) is 3.01. The Balaban J connectivity index is 1.47. The number of hydrogen-bond donors (Lipinski definition) is 0. The summed E-state index contributed by atoms with van der Waals surface area (Å²) in [6, 6.07) is 0.509. The fourth-order valence-electron chi connectivity index (χ4n) is 5.56. The van der Waals surface area contributed by atoms with Crippen LogP contribution in [0, 0.1) is 0 Å². The number of carbonyl (C=O) groups excluding carboxylic acids is 1. The molecule has 0 saturated carbocycles. The molecule has 0 bridgehead atoms. The molecular formula is C28H44FN3O. The zero-order chi connectivity index (χ0) is 23.8. The van der Waals surface area contributed by atoms with Crippen LogP contribution in [0.4, 0.5) is 4.39 Å². The minimum Gasteiger partial charge on any atom is -0.340 e. The highest BCUT2D eigenvalue weighted by molar-refractivity contribution is 5.85. The van der Waals surface area contributed by atoms with E-state index in [1.54, 1.807) is 0 Å². The molecule has 0 aromatic carbocycles. The number of likely N-dealkylation sites (tertiary alicyclic amines) is 2. The molecule has 0 aromatic rings. The molecule has 184 valence electrons. The monoisotopic (exact) mass is 457 g/mol. The zero-order valence-electron chi connectivity index (χ0n) is 21.3. The van der Waals surface area contributed by atoms with Crippen LogP contribution >= 0.6 is 0 Å². The van der Waals surface area contributed by atoms with Crippen molar-refractivity contribution in [3.63, 3.8) is 0 Å². The van der Waals surface area contributed by atoms with Gasteiger partial charge in [-0.1, -0.05) is 36.0 Å². The molecule has 3 aliphatic heterocycles. The smallest absolute Gasteiger partial charge is 0.260 e. The lowest BCUT2D eigenvalue weighted by atomic mass is 9.90. The number of nitrogens with zero attached hydrogens (tertiary/aromatic N) is 3. The lowest BCUT2D eigenvalue weighted by molar-refractivity contribution is -0.149. The van der Waals surface area contributed by atoms with Crippen LogP contribution in [0.2, 0.25) is 0 Å². The molecule has 0 aliphatic carbocycles. The summed E-state index contributed by atoms with van der Waals surface area (Å²) in [6.45, 7) is 14.1. The van der Waals surface area contributed by atoms with Crippen molar-refractivity contribution in [1.82, 2.24) is 14.7 Å². The highest BCUT2D eigenvalue weighted by atomic mass is 19.1. The van der Waals surface area contributed by atoms with Crippen LogP contribution < -0.4 is 0 Å². The zero-order valence-corrected chi connectivity index (χ0v) is 21.3. The Hall–Kier alpha value is -1.72. The largest absolute Gasteiger partial charge is 0.340 e. The van der Waals surface area contributed by atoms with Gasteiger partial charge in [0.05, 0.1) is 0 Å². The molecule has 0 aromatic heterocycles. The third-order valence-electron chi connectivity index (χ3n) is 7.82. The van der Waals surface area contributed by atoms with Crippen LogP contribution in [0.25, 0.3) is 0 Å². The molecule has 1 amide bonds. The molecule has 0 radical (unpaired) electrons. The van der Waals surface area contributed by atoms with Gasteiger partial charge in [0.25, 0.3) is 5.91 Å². The van der Waals surface area contributed by atoms with E-state index in [0.717, 1.165) is 45.3 Å². The van der Waals surface area contributed by atoms with E-state index in [-0.39, 0.29) is 5.91 Å². The Morgan fingerprint density at radius 2 is 1.67 bits per heavy atom. The molecule has 0 spiro atoms. The first-order chi connectivity index (χ1) is 15.9. The summed E-state index contributed by atoms with van der Waals surface area (Å²) in [5.41, 5.74) is 2.53. The molecular weight excluding hydrogens is 413 g/mol. The summed E-state index contributed by atoms with van der Waals surface area (Å²) in [5, 5.41) is 0. The maximum Gasteiger partial charge on any atom is 0.260 e. The third kappa shape index (κ3) is 6.66. The van der Waals surface area contributed by atoms with E-state index in [4.69, 9.17) is 0 Å². The summed E-state index contributed by atoms with van der Waals surface area (Å²) in [5.74, 6) is -0.260. The van der Waals surface area contributed by atoms with Gasteiger partial charge >= 0.3 is 0 Å². The van der Waals surface area contributed by atoms with E-state index in [9.17, 15) is 4.79 Å². The highest BCUT2D eigenvalue weighted by Gasteiger charge is 2.45. The lowest BCUT2D eigenvalue weighted by Gasteiger charge is -2.42. The van der Waals surface area contributed by atoms with E-state index < -0.39 is 5.67 Å². The summed E-state index contributed by atoms with van der Waals surface area (Å²) < 4.78 is 15.7. The minimum atomic E-state index is -1.69. The van der Waals surface area contributed by atoms with Crippen molar-refractivity contribution in [3.05, 3.63) is 47.1 Å². The number of hydrogen-bond acceptors (Lipinski definition) is 3. The lowest BCUT2D eigenvalue weighted by Crippen LogP contribution is -2.55. The van der Waals surface area contributed by atoms with E-state index in [1.165, 1.54) is 16.7 Å². The summed E-state index contributed by atoms with van der Waals surface area (Å²) >= 11 is 0. The van der Waals surface area contributed by atoms with Gasteiger partial charge in [0, 0.05) is 64.7 Å². The molecule has 4 nitrogen and oxygen atoms in total. The van der Waals surface area contributed by atoms with Gasteiger partial charge in [-0.2, -0.15) is 0 Å². The number of halogens is 1. The quantitative estimate of drug-likeness (QED) is 0.507. The fraction of sp³-hybridized carbons (Fsp3) is 0.679. The normalized spacial score (nSPS) is 24.8. The number of carbonyl (C=O) groups is 1. The van der Waals surface area contributed by atoms with Gasteiger partial charge in [0.2, 0.25) is 0 Å². The van der Waals surface area contributed by atoms with E-state index in [2.05, 4.69) is 48.0 Å². The summed E-state index contributed by atoms with van der Waals surface area (Å²) in [6.07, 6.45) is 15.4. The van der Waals surface area contributed by atoms with Crippen LogP contribution in [0.15, 0.2) is 47.1 Å². The number of allylic oxidation sites excluding steroid dienone is 4. The molecule has 5 heteroatoms. The SMILES string of the molecule is C/C=C\C1=C(C)CCN(C2CCN(C(=O)C3(F)CCN(CC(/C=C\C)=C/C)CC3)CC2)CC1. The first kappa shape index (κ1) is 25.9. The molecule has 3 rings (SSSR count). The van der Waals surface area contributed by atoms with Crippen molar-refractivity contribution in [1.29, 1.82) is 0 Å². The maximum atomic E-state index is 15.7. The Kier molecular flexibility index (Phi) is 9.51. The van der Waals surface area contributed by atoms with E-state index >= 15 is 4.39 Å². The van der Waals surface area contributed by atoms with Gasteiger partial charge in [-0.3, -0.25) is 14.6 Å². The van der Waals surface area contributed by atoms with Gasteiger partial charge in [-0.25, -0.2) is 4.39 Å². The van der Waals surface area contributed by atoms with Crippen molar-refractivity contribution in [3.8, 4) is 0 Å². The maximum absolute atomic E-state index is 15.7. The van der Waals surface area contributed by atoms with Gasteiger partial charge in [0.1, 0.15) is 0 Å². The van der Waals surface area contributed by atoms with Crippen molar-refractivity contribution in [2.45, 2.75) is 77.9 Å². The second kappa shape index (κ2) is 12.1. The molecule has 2 fully saturated rings. The Morgan fingerprint density at radius 3 is 2.27 bits per heavy atom. The third-order valence-corrected chi connectivity index (χ3v) is 7.82. The van der Waals surface area contributed by atoms with Gasteiger partial charge in [-0.15, -0.1) is 0 Å². The van der Waals surface area contributed by atoms with Crippen molar-refractivity contribution in [2.24, 2.45) is 0 Å². The Bertz CT molecular complexity index is 781. The molecule has 0 unspecified atom stereocenters. The predicted octanol–water partition coefficient (Wildman–Crippen LogP) is 5.29. The predicted molar refractivity (Wildman–Crippen MR) is 136 cm³/mol. The Labute approximate surface area is 200 Å². The number of alkyl halides is 1. The summed E-state index contributed by atoms with van der Waals surface area (Å²) in [7, 11) is 0. The van der Waals surface area contributed by atoms with Crippen LogP contribution in [-0.2, 0) is 4.79 Å². The van der Waals surface area contributed by atoms with Gasteiger partial charge in [-0.05, 0) is 64.5 Å². The van der Waals surface area contributed by atoms with Crippen LogP contribution in [0.1, 0.15) is 66.2 Å². The number of piperidine rings is 2. The number of rotatable bonds is 6. The minimum absolute atomic E-state index is 0.260. The molecule has 3 aliphatic rings. The second-order valence-corrected chi connectivity index (χ2v) is 9.97. The first-order valence-corrected chi connectivity index (χ1v) is 12.9. The first-order valence-electron chi connectivity index (χ1n) is 12.9. The Morgan fingerprint density at radius 1 is 1.00 bits per heavy atom. The van der Waals surface area contributed by atoms with Crippen molar-refractivity contribution in [2.75, 3.05) is 45.8 Å². The van der Waals surface area contributed by atoms with Crippen LogP contribution in [0.5, 0.6) is 0 Å². The molecule has 33 heavy (non-hydrogen) atoms. The number of amides is 1.